The second-order valence-corrected chi connectivity index (χ2v) is 6.45. The van der Waals surface area contributed by atoms with E-state index in [0.29, 0.717) is 5.56 Å². The molecule has 0 heterocycles. The number of benzene rings is 1. The van der Waals surface area contributed by atoms with E-state index < -0.39 is 9.73 Å². The zero-order valence-corrected chi connectivity index (χ0v) is 10.0. The van der Waals surface area contributed by atoms with Gasteiger partial charge in [-0.25, -0.2) is 8.60 Å². The van der Waals surface area contributed by atoms with Crippen molar-refractivity contribution in [2.24, 2.45) is 0 Å². The molecule has 0 fully saturated rings. The molecule has 0 radical (unpaired) electrons. The molecule has 0 aliphatic rings. The van der Waals surface area contributed by atoms with Gasteiger partial charge in [-0.2, -0.15) is 0 Å². The molecule has 1 aromatic rings. The Balaban J connectivity index is 3.04. The Bertz CT molecular complexity index is 452. The predicted octanol–water partition coefficient (Wildman–Crippen LogP) is 3.13. The lowest BCUT2D eigenvalue weighted by atomic mass is 10.0. The van der Waals surface area contributed by atoms with Crippen molar-refractivity contribution in [1.29, 1.82) is 4.78 Å². The topological polar surface area (TPSA) is 40.9 Å². The summed E-state index contributed by atoms with van der Waals surface area (Å²) < 4.78 is 32.0. The molecule has 1 N–H and O–H groups in total. The van der Waals surface area contributed by atoms with Gasteiger partial charge in [-0.3, -0.25) is 4.78 Å². The second kappa shape index (κ2) is 4.31. The number of hydrogen-bond acceptors (Lipinski definition) is 2. The Morgan fingerprint density at radius 2 is 2.07 bits per heavy atom. The lowest BCUT2D eigenvalue weighted by Gasteiger charge is -2.08. The Morgan fingerprint density at radius 3 is 2.47 bits per heavy atom. The van der Waals surface area contributed by atoms with Gasteiger partial charge in [-0.15, -0.1) is 0 Å². The molecule has 0 aliphatic carbocycles. The molecule has 4 heteroatoms. The highest BCUT2D eigenvalue weighted by Crippen LogP contribution is 2.19. The number of halogens is 1. The standard InChI is InChI=1S/C11H16FNOS/c1-8(2)9-4-5-10(11(12)6-9)7-15(3,13)14/h4-6,8,13H,7H2,1-3H3. The van der Waals surface area contributed by atoms with E-state index in [-0.39, 0.29) is 17.5 Å². The molecule has 0 saturated heterocycles. The second-order valence-electron chi connectivity index (χ2n) is 4.15. The van der Waals surface area contributed by atoms with Gasteiger partial charge < -0.3 is 0 Å². The fourth-order valence-electron chi connectivity index (χ4n) is 1.34. The summed E-state index contributed by atoms with van der Waals surface area (Å²) in [4.78, 5) is 0. The lowest BCUT2D eigenvalue weighted by molar-refractivity contribution is 0.610. The fourth-order valence-corrected chi connectivity index (χ4v) is 2.16. The van der Waals surface area contributed by atoms with Gasteiger partial charge >= 0.3 is 0 Å². The highest BCUT2D eigenvalue weighted by Gasteiger charge is 2.09. The minimum Gasteiger partial charge on any atom is -0.253 e. The largest absolute Gasteiger partial charge is 0.253 e. The van der Waals surface area contributed by atoms with Crippen molar-refractivity contribution in [1.82, 2.24) is 0 Å². The first-order valence-electron chi connectivity index (χ1n) is 4.79. The van der Waals surface area contributed by atoms with E-state index >= 15 is 0 Å². The molecule has 84 valence electrons. The van der Waals surface area contributed by atoms with Crippen LogP contribution in [0.15, 0.2) is 18.2 Å². The summed E-state index contributed by atoms with van der Waals surface area (Å²) in [6, 6.07) is 4.92. The van der Waals surface area contributed by atoms with Crippen LogP contribution >= 0.6 is 0 Å². The molecule has 1 aromatic carbocycles. The minimum absolute atomic E-state index is 0.0167. The first-order chi connectivity index (χ1) is 6.79. The molecular formula is C11H16FNOS. The number of nitrogens with one attached hydrogen (secondary N) is 1. The number of hydrogen-bond donors (Lipinski definition) is 1. The first-order valence-corrected chi connectivity index (χ1v) is 6.93. The third-order valence-electron chi connectivity index (χ3n) is 2.17. The van der Waals surface area contributed by atoms with Gasteiger partial charge in [0.25, 0.3) is 0 Å². The van der Waals surface area contributed by atoms with E-state index in [2.05, 4.69) is 0 Å². The van der Waals surface area contributed by atoms with Crippen molar-refractivity contribution in [3.05, 3.63) is 35.1 Å². The summed E-state index contributed by atoms with van der Waals surface area (Å²) in [5.41, 5.74) is 1.28. The monoisotopic (exact) mass is 229 g/mol. The Labute approximate surface area is 90.5 Å². The molecule has 0 amide bonds. The maximum Gasteiger partial charge on any atom is 0.127 e. The predicted molar refractivity (Wildman–Crippen MR) is 61.0 cm³/mol. The van der Waals surface area contributed by atoms with E-state index in [1.54, 1.807) is 6.07 Å². The average Bonchev–Trinajstić information content (AvgIpc) is 2.05. The molecule has 0 bridgehead atoms. The summed E-state index contributed by atoms with van der Waals surface area (Å²) in [5, 5.41) is 0. The van der Waals surface area contributed by atoms with Crippen LogP contribution < -0.4 is 0 Å². The highest BCUT2D eigenvalue weighted by molar-refractivity contribution is 7.90. The molecule has 0 aromatic heterocycles. The summed E-state index contributed by atoms with van der Waals surface area (Å²) in [5.74, 6) is -0.101. The van der Waals surface area contributed by atoms with Gasteiger partial charge in [0.05, 0.1) is 5.75 Å². The normalized spacial score (nSPS) is 15.3. The molecule has 15 heavy (non-hydrogen) atoms. The van der Waals surface area contributed by atoms with Crippen molar-refractivity contribution in [3.63, 3.8) is 0 Å². The first kappa shape index (κ1) is 12.2. The minimum atomic E-state index is -2.67. The van der Waals surface area contributed by atoms with Crippen LogP contribution in [0.4, 0.5) is 4.39 Å². The van der Waals surface area contributed by atoms with E-state index in [1.165, 1.54) is 12.3 Å². The van der Waals surface area contributed by atoms with E-state index in [9.17, 15) is 8.60 Å². The van der Waals surface area contributed by atoms with E-state index in [1.807, 2.05) is 19.9 Å². The summed E-state index contributed by atoms with van der Waals surface area (Å²) in [6.45, 7) is 3.98. The van der Waals surface area contributed by atoms with Crippen LogP contribution in [0.5, 0.6) is 0 Å². The molecule has 0 saturated carbocycles. The van der Waals surface area contributed by atoms with Crippen LogP contribution in [0.1, 0.15) is 30.9 Å². The fraction of sp³-hybridized carbons (Fsp3) is 0.455. The zero-order valence-electron chi connectivity index (χ0n) is 9.21. The van der Waals surface area contributed by atoms with Crippen LogP contribution in [-0.2, 0) is 15.5 Å². The van der Waals surface area contributed by atoms with E-state index in [0.717, 1.165) is 5.56 Å². The maximum atomic E-state index is 13.5. The van der Waals surface area contributed by atoms with Crippen molar-refractivity contribution < 1.29 is 8.60 Å². The van der Waals surface area contributed by atoms with Gasteiger partial charge in [-0.05, 0) is 17.5 Å². The van der Waals surface area contributed by atoms with Gasteiger partial charge in [0, 0.05) is 21.5 Å². The molecular weight excluding hydrogens is 213 g/mol. The summed E-state index contributed by atoms with van der Waals surface area (Å²) in [6.07, 6.45) is 1.32. The molecule has 1 unspecified atom stereocenters. The Morgan fingerprint density at radius 1 is 1.47 bits per heavy atom. The SMILES string of the molecule is CC(C)c1ccc(CS(C)(=N)=O)c(F)c1. The molecule has 1 atom stereocenters. The van der Waals surface area contributed by atoms with Gasteiger partial charge in [0.15, 0.2) is 0 Å². The molecule has 2 nitrogen and oxygen atoms in total. The highest BCUT2D eigenvalue weighted by atomic mass is 32.2. The Hall–Kier alpha value is -0.900. The maximum absolute atomic E-state index is 13.5. The van der Waals surface area contributed by atoms with Crippen LogP contribution in [0.3, 0.4) is 0 Å². The van der Waals surface area contributed by atoms with E-state index in [4.69, 9.17) is 4.78 Å². The van der Waals surface area contributed by atoms with Crippen LogP contribution in [0.2, 0.25) is 0 Å². The van der Waals surface area contributed by atoms with Gasteiger partial charge in [0.1, 0.15) is 5.82 Å². The van der Waals surface area contributed by atoms with Crippen molar-refractivity contribution >= 4 is 9.73 Å². The third kappa shape index (κ3) is 3.63. The van der Waals surface area contributed by atoms with Crippen LogP contribution in [0, 0.1) is 10.6 Å². The molecule has 0 aliphatic heterocycles. The average molecular weight is 229 g/mol. The number of rotatable bonds is 3. The summed E-state index contributed by atoms with van der Waals surface area (Å²) in [7, 11) is -2.67. The third-order valence-corrected chi connectivity index (χ3v) is 3.04. The smallest absolute Gasteiger partial charge is 0.127 e. The Kier molecular flexibility index (Phi) is 3.50. The van der Waals surface area contributed by atoms with Gasteiger partial charge in [-0.1, -0.05) is 26.0 Å². The van der Waals surface area contributed by atoms with Crippen LogP contribution in [-0.4, -0.2) is 10.5 Å². The lowest BCUT2D eigenvalue weighted by Crippen LogP contribution is -2.02. The summed E-state index contributed by atoms with van der Waals surface area (Å²) >= 11 is 0. The molecule has 0 spiro atoms. The zero-order chi connectivity index (χ0) is 11.6. The van der Waals surface area contributed by atoms with Gasteiger partial charge in [0.2, 0.25) is 0 Å². The quantitative estimate of drug-likeness (QED) is 0.850. The van der Waals surface area contributed by atoms with Crippen molar-refractivity contribution in [2.45, 2.75) is 25.5 Å². The van der Waals surface area contributed by atoms with Crippen molar-refractivity contribution in [3.8, 4) is 0 Å². The van der Waals surface area contributed by atoms with Crippen molar-refractivity contribution in [2.75, 3.05) is 6.26 Å². The van der Waals surface area contributed by atoms with Crippen LogP contribution in [0.25, 0.3) is 0 Å². The molecule has 1 rings (SSSR count).